The molecule has 0 unspecified atom stereocenters. The van der Waals surface area contributed by atoms with Gasteiger partial charge in [0.2, 0.25) is 0 Å². The van der Waals surface area contributed by atoms with Gasteiger partial charge in [0.25, 0.3) is 5.91 Å². The Morgan fingerprint density at radius 3 is 2.26 bits per heavy atom. The number of rotatable bonds is 6. The summed E-state index contributed by atoms with van der Waals surface area (Å²) >= 11 is 1.32. The summed E-state index contributed by atoms with van der Waals surface area (Å²) in [6.07, 6.45) is 6.92. The minimum absolute atomic E-state index is 0.0429. The van der Waals surface area contributed by atoms with Gasteiger partial charge in [0.15, 0.2) is 15.9 Å². The average molecular weight is 416 g/mol. The van der Waals surface area contributed by atoms with Crippen molar-refractivity contribution >= 4 is 33.5 Å². The second-order valence-electron chi connectivity index (χ2n) is 9.16. The first-order valence-corrected chi connectivity index (χ1v) is 12.9. The summed E-state index contributed by atoms with van der Waals surface area (Å²) in [5, 5.41) is 3.19. The molecule has 4 bridgehead atoms. The van der Waals surface area contributed by atoms with E-state index in [1.807, 2.05) is 0 Å². The van der Waals surface area contributed by atoms with Crippen molar-refractivity contribution in [3.05, 3.63) is 0 Å². The maximum atomic E-state index is 12.6. The zero-order chi connectivity index (χ0) is 19.2. The summed E-state index contributed by atoms with van der Waals surface area (Å²) in [7, 11) is -2.94. The predicted octanol–water partition coefficient (Wildman–Crippen LogP) is 1.92. The highest BCUT2D eigenvalue weighted by molar-refractivity contribution is 8.02. The number of hydrogen-bond donors (Lipinski definition) is 1. The molecule has 0 aromatic rings. The first kappa shape index (κ1) is 19.6. The third-order valence-corrected chi connectivity index (χ3v) is 9.99. The van der Waals surface area contributed by atoms with Gasteiger partial charge in [0.1, 0.15) is 0 Å². The molecule has 5 fully saturated rings. The third-order valence-electron chi connectivity index (χ3n) is 6.73. The van der Waals surface area contributed by atoms with Crippen LogP contribution in [0.3, 0.4) is 0 Å². The van der Waals surface area contributed by atoms with Crippen LogP contribution in [-0.4, -0.2) is 54.4 Å². The molecule has 1 amide bonds. The van der Waals surface area contributed by atoms with E-state index in [-0.39, 0.29) is 34.0 Å². The van der Waals surface area contributed by atoms with Gasteiger partial charge in [-0.2, -0.15) is 0 Å². The van der Waals surface area contributed by atoms with Gasteiger partial charge in [0.05, 0.1) is 17.3 Å². The fourth-order valence-electron chi connectivity index (χ4n) is 5.99. The van der Waals surface area contributed by atoms with Crippen LogP contribution >= 0.6 is 11.8 Å². The Morgan fingerprint density at radius 2 is 1.74 bits per heavy atom. The van der Waals surface area contributed by atoms with Crippen molar-refractivity contribution < 1.29 is 22.7 Å². The van der Waals surface area contributed by atoms with Gasteiger partial charge in [0, 0.05) is 10.8 Å². The van der Waals surface area contributed by atoms with Crippen LogP contribution in [0.1, 0.15) is 51.9 Å². The van der Waals surface area contributed by atoms with E-state index >= 15 is 0 Å². The molecule has 152 valence electrons. The van der Waals surface area contributed by atoms with Gasteiger partial charge >= 0.3 is 5.97 Å². The molecular formula is C19H29NO5S2. The number of ether oxygens (including phenoxy) is 1. The zero-order valence-electron chi connectivity index (χ0n) is 15.8. The van der Waals surface area contributed by atoms with E-state index in [1.54, 1.807) is 6.92 Å². The van der Waals surface area contributed by atoms with Crippen molar-refractivity contribution in [2.24, 2.45) is 17.8 Å². The quantitative estimate of drug-likeness (QED) is 0.667. The van der Waals surface area contributed by atoms with Gasteiger partial charge < -0.3 is 10.1 Å². The maximum absolute atomic E-state index is 12.6. The molecular weight excluding hydrogens is 386 g/mol. The summed E-state index contributed by atoms with van der Waals surface area (Å²) in [6, 6.07) is 0. The average Bonchev–Trinajstić information content (AvgIpc) is 2.90. The van der Waals surface area contributed by atoms with E-state index in [4.69, 9.17) is 4.74 Å². The molecule has 1 aliphatic heterocycles. The Hall–Kier alpha value is -0.760. The van der Waals surface area contributed by atoms with Crippen molar-refractivity contribution in [2.45, 2.75) is 68.8 Å². The first-order chi connectivity index (χ1) is 12.7. The zero-order valence-corrected chi connectivity index (χ0v) is 17.4. The molecule has 27 heavy (non-hydrogen) atoms. The van der Waals surface area contributed by atoms with Crippen LogP contribution < -0.4 is 5.32 Å². The van der Waals surface area contributed by atoms with E-state index in [9.17, 15) is 18.0 Å². The van der Waals surface area contributed by atoms with E-state index in [2.05, 4.69) is 5.32 Å². The molecule has 1 saturated heterocycles. The van der Waals surface area contributed by atoms with Crippen LogP contribution in [0, 0.1) is 17.8 Å². The summed E-state index contributed by atoms with van der Waals surface area (Å²) in [5.41, 5.74) is -0.0839. The minimum atomic E-state index is -2.94. The fraction of sp³-hybridized carbons (Fsp3) is 0.895. The number of hydrogen-bond acceptors (Lipinski definition) is 6. The molecule has 8 heteroatoms. The number of nitrogens with one attached hydrogen (secondary N) is 1. The monoisotopic (exact) mass is 415 g/mol. The van der Waals surface area contributed by atoms with E-state index in [1.165, 1.54) is 31.0 Å². The summed E-state index contributed by atoms with van der Waals surface area (Å²) < 4.78 is 28.3. The second-order valence-corrected chi connectivity index (χ2v) is 12.7. The van der Waals surface area contributed by atoms with Crippen molar-refractivity contribution in [1.82, 2.24) is 5.32 Å². The van der Waals surface area contributed by atoms with Crippen molar-refractivity contribution in [1.29, 1.82) is 0 Å². The van der Waals surface area contributed by atoms with Crippen LogP contribution in [0.2, 0.25) is 0 Å². The second kappa shape index (κ2) is 7.25. The van der Waals surface area contributed by atoms with E-state index in [0.717, 1.165) is 37.0 Å². The summed E-state index contributed by atoms with van der Waals surface area (Å²) in [5.74, 6) is 2.01. The van der Waals surface area contributed by atoms with Crippen LogP contribution in [0.5, 0.6) is 0 Å². The number of esters is 1. The SMILES string of the molecule is C[C@@H](OC(=O)CS[C@H]1CCS(=O)(=O)C1)C(=O)NC12CC3CC(CC(C3)C1)C2. The fourth-order valence-corrected chi connectivity index (χ4v) is 9.41. The Bertz CT molecular complexity index is 684. The standard InChI is InChI=1S/C19H29NO5S2/c1-12(25-17(21)10-26-16-2-3-27(23,24)11-16)18(22)20-19-7-13-4-14(8-19)6-15(5-13)9-19/h12-16H,2-11H2,1H3,(H,20,22)/t12-,13?,14?,15?,16+,19?/m1/s1. The van der Waals surface area contributed by atoms with Crippen LogP contribution in [-0.2, 0) is 24.2 Å². The van der Waals surface area contributed by atoms with Gasteiger partial charge in [-0.15, -0.1) is 11.8 Å². The Balaban J connectivity index is 1.24. The molecule has 6 nitrogen and oxygen atoms in total. The number of carbonyl (C=O) groups excluding carboxylic acids is 2. The largest absolute Gasteiger partial charge is 0.452 e. The summed E-state index contributed by atoms with van der Waals surface area (Å²) in [6.45, 7) is 1.62. The number of amides is 1. The number of sulfone groups is 1. The molecule has 0 aromatic heterocycles. The topological polar surface area (TPSA) is 89.5 Å². The highest BCUT2D eigenvalue weighted by Gasteiger charge is 2.51. The molecule has 5 aliphatic rings. The Kier molecular flexibility index (Phi) is 5.25. The summed E-state index contributed by atoms with van der Waals surface area (Å²) in [4.78, 5) is 24.7. The molecule has 5 rings (SSSR count). The van der Waals surface area contributed by atoms with Crippen LogP contribution in [0.4, 0.5) is 0 Å². The molecule has 0 spiro atoms. The highest BCUT2D eigenvalue weighted by Crippen LogP contribution is 2.55. The molecule has 4 saturated carbocycles. The third kappa shape index (κ3) is 4.47. The number of carbonyl (C=O) groups is 2. The normalized spacial score (nSPS) is 39.9. The lowest BCUT2D eigenvalue weighted by molar-refractivity contribution is -0.154. The predicted molar refractivity (Wildman–Crippen MR) is 104 cm³/mol. The van der Waals surface area contributed by atoms with Gasteiger partial charge in [-0.1, -0.05) is 0 Å². The minimum Gasteiger partial charge on any atom is -0.452 e. The molecule has 1 N–H and O–H groups in total. The van der Waals surface area contributed by atoms with Crippen molar-refractivity contribution in [2.75, 3.05) is 17.3 Å². The van der Waals surface area contributed by atoms with Crippen molar-refractivity contribution in [3.8, 4) is 0 Å². The van der Waals surface area contributed by atoms with E-state index < -0.39 is 21.9 Å². The lowest BCUT2D eigenvalue weighted by Gasteiger charge is -2.57. The van der Waals surface area contributed by atoms with Crippen LogP contribution in [0.15, 0.2) is 0 Å². The lowest BCUT2D eigenvalue weighted by atomic mass is 9.53. The van der Waals surface area contributed by atoms with Crippen LogP contribution in [0.25, 0.3) is 0 Å². The molecule has 0 radical (unpaired) electrons. The van der Waals surface area contributed by atoms with Gasteiger partial charge in [-0.25, -0.2) is 8.42 Å². The maximum Gasteiger partial charge on any atom is 0.316 e. The van der Waals surface area contributed by atoms with Gasteiger partial charge in [-0.3, -0.25) is 9.59 Å². The highest BCUT2D eigenvalue weighted by atomic mass is 32.2. The molecule has 0 aromatic carbocycles. The van der Waals surface area contributed by atoms with Crippen molar-refractivity contribution in [3.63, 3.8) is 0 Å². The molecule has 1 heterocycles. The Labute approximate surface area is 165 Å². The van der Waals surface area contributed by atoms with Gasteiger partial charge in [-0.05, 0) is 69.6 Å². The molecule has 2 atom stereocenters. The number of thioether (sulfide) groups is 1. The van der Waals surface area contributed by atoms with E-state index in [0.29, 0.717) is 6.42 Å². The lowest BCUT2D eigenvalue weighted by Crippen LogP contribution is -2.61. The smallest absolute Gasteiger partial charge is 0.316 e. The first-order valence-electron chi connectivity index (χ1n) is 10.1. The molecule has 4 aliphatic carbocycles. The Morgan fingerprint density at radius 1 is 1.15 bits per heavy atom.